The molecule has 3 rings (SSSR count). The molecule has 0 amide bonds. The number of carboxylic acids is 1. The fourth-order valence-corrected chi connectivity index (χ4v) is 1.85. The van der Waals surface area contributed by atoms with Crippen molar-refractivity contribution in [3.63, 3.8) is 0 Å². The standard InChI is InChI=1S/C12H10N4O2/c1-15-5-4-11(14-15)16-7-13-9-3-2-8(12(17)18)6-10(9)16/h2-7H,1H3,(H,17,18). The Morgan fingerprint density at radius 1 is 1.33 bits per heavy atom. The lowest BCUT2D eigenvalue weighted by atomic mass is 10.2. The first-order valence-electron chi connectivity index (χ1n) is 5.35. The average Bonchev–Trinajstić information content (AvgIpc) is 2.93. The van der Waals surface area contributed by atoms with Gasteiger partial charge in [0.15, 0.2) is 5.82 Å². The lowest BCUT2D eigenvalue weighted by Gasteiger charge is -2.00. The van der Waals surface area contributed by atoms with Gasteiger partial charge in [0.25, 0.3) is 0 Å². The van der Waals surface area contributed by atoms with Crippen LogP contribution in [0.5, 0.6) is 0 Å². The number of rotatable bonds is 2. The molecule has 0 fully saturated rings. The van der Waals surface area contributed by atoms with Crippen LogP contribution in [-0.2, 0) is 7.05 Å². The Morgan fingerprint density at radius 3 is 2.83 bits per heavy atom. The average molecular weight is 242 g/mol. The van der Waals surface area contributed by atoms with Crippen LogP contribution in [0.1, 0.15) is 10.4 Å². The van der Waals surface area contributed by atoms with Crippen molar-refractivity contribution in [3.05, 3.63) is 42.4 Å². The summed E-state index contributed by atoms with van der Waals surface area (Å²) in [4.78, 5) is 15.2. The van der Waals surface area contributed by atoms with Crippen LogP contribution in [-0.4, -0.2) is 30.4 Å². The van der Waals surface area contributed by atoms with Crippen LogP contribution in [0, 0.1) is 0 Å². The number of aromatic carboxylic acids is 1. The predicted octanol–water partition coefficient (Wildman–Crippen LogP) is 1.46. The smallest absolute Gasteiger partial charge is 0.335 e. The van der Waals surface area contributed by atoms with Crippen molar-refractivity contribution >= 4 is 17.0 Å². The molecule has 2 heterocycles. The summed E-state index contributed by atoms with van der Waals surface area (Å²) in [5.41, 5.74) is 1.71. The van der Waals surface area contributed by atoms with Gasteiger partial charge in [0.1, 0.15) is 6.33 Å². The SMILES string of the molecule is Cn1ccc(-n2cnc3ccc(C(=O)O)cc32)n1. The number of carboxylic acid groups (broad SMARTS) is 1. The second kappa shape index (κ2) is 3.69. The highest BCUT2D eigenvalue weighted by Crippen LogP contribution is 2.18. The minimum Gasteiger partial charge on any atom is -0.478 e. The van der Waals surface area contributed by atoms with Crippen LogP contribution in [0.25, 0.3) is 16.9 Å². The summed E-state index contributed by atoms with van der Waals surface area (Å²) in [6.45, 7) is 0. The molecule has 90 valence electrons. The van der Waals surface area contributed by atoms with Crippen LogP contribution < -0.4 is 0 Å². The number of nitrogens with zero attached hydrogens (tertiary/aromatic N) is 4. The molecule has 0 aliphatic rings. The van der Waals surface area contributed by atoms with Gasteiger partial charge < -0.3 is 5.11 Å². The van der Waals surface area contributed by atoms with E-state index in [0.29, 0.717) is 5.82 Å². The number of carbonyl (C=O) groups is 1. The van der Waals surface area contributed by atoms with Gasteiger partial charge in [-0.05, 0) is 18.2 Å². The van der Waals surface area contributed by atoms with Gasteiger partial charge in [-0.2, -0.15) is 5.10 Å². The van der Waals surface area contributed by atoms with E-state index in [2.05, 4.69) is 10.1 Å². The maximum atomic E-state index is 11.0. The Bertz CT molecular complexity index is 741. The Labute approximate surface area is 102 Å². The van der Waals surface area contributed by atoms with Crippen molar-refractivity contribution in [2.24, 2.45) is 7.05 Å². The highest BCUT2D eigenvalue weighted by molar-refractivity contribution is 5.92. The zero-order valence-corrected chi connectivity index (χ0v) is 9.61. The van der Waals surface area contributed by atoms with Crippen LogP contribution >= 0.6 is 0 Å². The third kappa shape index (κ3) is 1.55. The van der Waals surface area contributed by atoms with Crippen molar-refractivity contribution < 1.29 is 9.90 Å². The molecule has 0 saturated heterocycles. The minimum atomic E-state index is -0.953. The quantitative estimate of drug-likeness (QED) is 0.738. The second-order valence-electron chi connectivity index (χ2n) is 3.97. The Morgan fingerprint density at radius 2 is 2.17 bits per heavy atom. The van der Waals surface area contributed by atoms with E-state index in [1.54, 1.807) is 33.8 Å². The fraction of sp³-hybridized carbons (Fsp3) is 0.0833. The summed E-state index contributed by atoms with van der Waals surface area (Å²) in [5, 5.41) is 13.3. The van der Waals surface area contributed by atoms with Gasteiger partial charge in [-0.1, -0.05) is 0 Å². The minimum absolute atomic E-state index is 0.236. The zero-order chi connectivity index (χ0) is 12.7. The number of imidazole rings is 1. The molecule has 0 bridgehead atoms. The first-order valence-corrected chi connectivity index (χ1v) is 5.35. The molecule has 6 heteroatoms. The normalized spacial score (nSPS) is 10.9. The van der Waals surface area contributed by atoms with Gasteiger partial charge in [-0.25, -0.2) is 9.78 Å². The molecule has 1 N–H and O–H groups in total. The highest BCUT2D eigenvalue weighted by Gasteiger charge is 2.10. The number of aryl methyl sites for hydroxylation is 1. The van der Waals surface area contributed by atoms with Gasteiger partial charge in [-0.3, -0.25) is 9.25 Å². The number of benzene rings is 1. The van der Waals surface area contributed by atoms with E-state index in [1.165, 1.54) is 0 Å². The molecule has 0 aliphatic carbocycles. The molecule has 18 heavy (non-hydrogen) atoms. The monoisotopic (exact) mass is 242 g/mol. The van der Waals surface area contributed by atoms with E-state index in [-0.39, 0.29) is 5.56 Å². The first kappa shape index (κ1) is 10.5. The molecule has 0 aliphatic heterocycles. The lowest BCUT2D eigenvalue weighted by molar-refractivity contribution is 0.0697. The molecule has 0 saturated carbocycles. The molecule has 0 radical (unpaired) electrons. The van der Waals surface area contributed by atoms with E-state index in [1.807, 2.05) is 19.3 Å². The summed E-state index contributed by atoms with van der Waals surface area (Å²) >= 11 is 0. The van der Waals surface area contributed by atoms with Crippen LogP contribution in [0.15, 0.2) is 36.8 Å². The number of hydrogen-bond donors (Lipinski definition) is 1. The third-order valence-corrected chi connectivity index (χ3v) is 2.74. The van der Waals surface area contributed by atoms with Crippen molar-refractivity contribution in [1.82, 2.24) is 19.3 Å². The molecule has 1 aromatic carbocycles. The van der Waals surface area contributed by atoms with E-state index >= 15 is 0 Å². The molecule has 0 unspecified atom stereocenters. The molecule has 3 aromatic rings. The van der Waals surface area contributed by atoms with Gasteiger partial charge >= 0.3 is 5.97 Å². The second-order valence-corrected chi connectivity index (χ2v) is 3.97. The molecule has 2 aromatic heterocycles. The number of hydrogen-bond acceptors (Lipinski definition) is 3. The van der Waals surface area contributed by atoms with Crippen molar-refractivity contribution in [2.45, 2.75) is 0 Å². The van der Waals surface area contributed by atoms with E-state index in [4.69, 9.17) is 5.11 Å². The fourth-order valence-electron chi connectivity index (χ4n) is 1.85. The van der Waals surface area contributed by atoms with Crippen molar-refractivity contribution in [1.29, 1.82) is 0 Å². The van der Waals surface area contributed by atoms with Gasteiger partial charge in [-0.15, -0.1) is 0 Å². The number of aromatic nitrogens is 4. The Hall–Kier alpha value is -2.63. The van der Waals surface area contributed by atoms with E-state index in [0.717, 1.165) is 11.0 Å². The van der Waals surface area contributed by atoms with Crippen molar-refractivity contribution in [3.8, 4) is 5.82 Å². The van der Waals surface area contributed by atoms with Crippen LogP contribution in [0.4, 0.5) is 0 Å². The summed E-state index contributed by atoms with van der Waals surface area (Å²) < 4.78 is 3.45. The maximum absolute atomic E-state index is 11.0. The molecule has 6 nitrogen and oxygen atoms in total. The predicted molar refractivity (Wildman–Crippen MR) is 64.8 cm³/mol. The van der Waals surface area contributed by atoms with E-state index < -0.39 is 5.97 Å². The summed E-state index contributed by atoms with van der Waals surface area (Å²) in [6, 6.07) is 6.67. The van der Waals surface area contributed by atoms with Gasteiger partial charge in [0, 0.05) is 19.3 Å². The third-order valence-electron chi connectivity index (χ3n) is 2.74. The summed E-state index contributed by atoms with van der Waals surface area (Å²) in [6.07, 6.45) is 3.46. The van der Waals surface area contributed by atoms with Crippen molar-refractivity contribution in [2.75, 3.05) is 0 Å². The summed E-state index contributed by atoms with van der Waals surface area (Å²) in [7, 11) is 1.82. The van der Waals surface area contributed by atoms with Gasteiger partial charge in [0.05, 0.1) is 16.6 Å². The topological polar surface area (TPSA) is 72.9 Å². The number of fused-ring (bicyclic) bond motifs is 1. The van der Waals surface area contributed by atoms with Gasteiger partial charge in [0.2, 0.25) is 0 Å². The maximum Gasteiger partial charge on any atom is 0.335 e. The molecule has 0 atom stereocenters. The van der Waals surface area contributed by atoms with Crippen LogP contribution in [0.2, 0.25) is 0 Å². The molecular weight excluding hydrogens is 232 g/mol. The zero-order valence-electron chi connectivity index (χ0n) is 9.61. The largest absolute Gasteiger partial charge is 0.478 e. The molecule has 0 spiro atoms. The highest BCUT2D eigenvalue weighted by atomic mass is 16.4. The Kier molecular flexibility index (Phi) is 2.16. The lowest BCUT2D eigenvalue weighted by Crippen LogP contribution is -1.98. The first-order chi connectivity index (χ1) is 8.65. The molecular formula is C12H10N4O2. The van der Waals surface area contributed by atoms with E-state index in [9.17, 15) is 4.79 Å². The Balaban J connectivity index is 2.23. The van der Waals surface area contributed by atoms with Crippen LogP contribution in [0.3, 0.4) is 0 Å². The summed E-state index contributed by atoms with van der Waals surface area (Å²) in [5.74, 6) is -0.242.